The molecule has 1 aliphatic rings. The lowest BCUT2D eigenvalue weighted by molar-refractivity contribution is 0.0677. The summed E-state index contributed by atoms with van der Waals surface area (Å²) in [4.78, 5) is 23.0. The van der Waals surface area contributed by atoms with Gasteiger partial charge in [-0.3, -0.25) is 9.48 Å². The van der Waals surface area contributed by atoms with E-state index in [1.807, 2.05) is 15.6 Å². The van der Waals surface area contributed by atoms with Crippen molar-refractivity contribution < 1.29 is 9.32 Å². The second-order valence-corrected chi connectivity index (χ2v) is 6.68. The maximum absolute atomic E-state index is 12.9. The molecule has 4 heterocycles. The van der Waals surface area contributed by atoms with Gasteiger partial charge in [0, 0.05) is 44.3 Å². The molecule has 0 saturated heterocycles. The molecule has 0 bridgehead atoms. The molecule has 0 radical (unpaired) electrons. The van der Waals surface area contributed by atoms with Crippen LogP contribution in [0.4, 0.5) is 5.95 Å². The topological polar surface area (TPSA) is 102 Å². The number of aromatic nitrogens is 5. The van der Waals surface area contributed by atoms with Gasteiger partial charge >= 0.3 is 0 Å². The molecule has 0 fully saturated rings. The highest BCUT2D eigenvalue weighted by Gasteiger charge is 2.28. The number of carbonyl (C=O) groups excluding carboxylic acids is 1. The summed E-state index contributed by atoms with van der Waals surface area (Å²) in [7, 11) is 0. The zero-order valence-electron chi connectivity index (χ0n) is 15.1. The van der Waals surface area contributed by atoms with E-state index in [1.54, 1.807) is 37.6 Å². The van der Waals surface area contributed by atoms with Crippen molar-refractivity contribution in [2.24, 2.45) is 5.92 Å². The number of rotatable bonds is 5. The molecule has 0 aliphatic carbocycles. The molecule has 1 aliphatic heterocycles. The van der Waals surface area contributed by atoms with Crippen molar-refractivity contribution in [1.29, 1.82) is 0 Å². The van der Waals surface area contributed by atoms with E-state index < -0.39 is 0 Å². The first-order valence-corrected chi connectivity index (χ1v) is 8.93. The van der Waals surface area contributed by atoms with E-state index in [-0.39, 0.29) is 17.6 Å². The SMILES string of the molecule is Cc1cc(C(=O)N2Cc3ccnn3C[C@H](CCNc3ncccn3)C2)on1. The number of carbonyl (C=O) groups is 1. The lowest BCUT2D eigenvalue weighted by Gasteiger charge is -2.23. The zero-order chi connectivity index (χ0) is 18.6. The van der Waals surface area contributed by atoms with Crippen LogP contribution in [0.25, 0.3) is 0 Å². The smallest absolute Gasteiger partial charge is 0.292 e. The fraction of sp³-hybridized carbons (Fsp3) is 0.389. The van der Waals surface area contributed by atoms with Crippen molar-refractivity contribution in [3.63, 3.8) is 0 Å². The predicted octanol–water partition coefficient (Wildman–Crippen LogP) is 1.74. The van der Waals surface area contributed by atoms with Gasteiger partial charge < -0.3 is 14.7 Å². The van der Waals surface area contributed by atoms with Crippen LogP contribution in [0.15, 0.2) is 41.3 Å². The average molecular weight is 367 g/mol. The van der Waals surface area contributed by atoms with Gasteiger partial charge in [0.25, 0.3) is 5.91 Å². The van der Waals surface area contributed by atoms with Crippen LogP contribution in [0.2, 0.25) is 0 Å². The highest BCUT2D eigenvalue weighted by molar-refractivity contribution is 5.91. The molecular formula is C18H21N7O2. The Kier molecular flexibility index (Phi) is 4.82. The average Bonchev–Trinajstić information content (AvgIpc) is 3.26. The Balaban J connectivity index is 1.46. The van der Waals surface area contributed by atoms with Gasteiger partial charge in [-0.25, -0.2) is 9.97 Å². The van der Waals surface area contributed by atoms with Gasteiger partial charge in [0.1, 0.15) is 0 Å². The van der Waals surface area contributed by atoms with E-state index in [0.29, 0.717) is 31.3 Å². The summed E-state index contributed by atoms with van der Waals surface area (Å²) in [6, 6.07) is 5.41. The summed E-state index contributed by atoms with van der Waals surface area (Å²) < 4.78 is 7.15. The van der Waals surface area contributed by atoms with E-state index in [2.05, 4.69) is 25.5 Å². The first-order valence-electron chi connectivity index (χ1n) is 8.93. The number of fused-ring (bicyclic) bond motifs is 1. The molecule has 0 aromatic carbocycles. The van der Waals surface area contributed by atoms with E-state index >= 15 is 0 Å². The Morgan fingerprint density at radius 2 is 2.15 bits per heavy atom. The van der Waals surface area contributed by atoms with E-state index in [0.717, 1.165) is 18.7 Å². The van der Waals surface area contributed by atoms with Crippen LogP contribution in [0.1, 0.15) is 28.4 Å². The van der Waals surface area contributed by atoms with Crippen molar-refractivity contribution in [3.8, 4) is 0 Å². The van der Waals surface area contributed by atoms with Crippen LogP contribution in [0, 0.1) is 12.8 Å². The third kappa shape index (κ3) is 3.97. The normalized spacial score (nSPS) is 16.6. The van der Waals surface area contributed by atoms with Crippen molar-refractivity contribution in [1.82, 2.24) is 29.8 Å². The molecule has 9 nitrogen and oxygen atoms in total. The number of hydrogen-bond acceptors (Lipinski definition) is 7. The van der Waals surface area contributed by atoms with Crippen molar-refractivity contribution in [3.05, 3.63) is 53.9 Å². The fourth-order valence-electron chi connectivity index (χ4n) is 3.27. The van der Waals surface area contributed by atoms with Gasteiger partial charge in [0.15, 0.2) is 0 Å². The van der Waals surface area contributed by atoms with Gasteiger partial charge in [0.2, 0.25) is 11.7 Å². The van der Waals surface area contributed by atoms with Crippen LogP contribution in [-0.2, 0) is 13.1 Å². The molecule has 27 heavy (non-hydrogen) atoms. The van der Waals surface area contributed by atoms with E-state index in [1.165, 1.54) is 0 Å². The first-order chi connectivity index (χ1) is 13.2. The molecule has 140 valence electrons. The molecule has 3 aromatic rings. The highest BCUT2D eigenvalue weighted by atomic mass is 16.5. The fourth-order valence-corrected chi connectivity index (χ4v) is 3.27. The van der Waals surface area contributed by atoms with Gasteiger partial charge in [-0.05, 0) is 31.4 Å². The van der Waals surface area contributed by atoms with E-state index in [9.17, 15) is 4.79 Å². The maximum atomic E-state index is 12.9. The second-order valence-electron chi connectivity index (χ2n) is 6.68. The summed E-state index contributed by atoms with van der Waals surface area (Å²) in [5.41, 5.74) is 1.71. The zero-order valence-corrected chi connectivity index (χ0v) is 15.1. The summed E-state index contributed by atoms with van der Waals surface area (Å²) >= 11 is 0. The van der Waals surface area contributed by atoms with E-state index in [4.69, 9.17) is 4.52 Å². The van der Waals surface area contributed by atoms with Gasteiger partial charge in [0.05, 0.1) is 17.9 Å². The van der Waals surface area contributed by atoms with Crippen molar-refractivity contribution in [2.45, 2.75) is 26.4 Å². The minimum Gasteiger partial charge on any atom is -0.354 e. The highest BCUT2D eigenvalue weighted by Crippen LogP contribution is 2.20. The molecular weight excluding hydrogens is 346 g/mol. The number of nitrogens with zero attached hydrogens (tertiary/aromatic N) is 6. The largest absolute Gasteiger partial charge is 0.354 e. The van der Waals surface area contributed by atoms with Gasteiger partial charge in [-0.15, -0.1) is 0 Å². The number of nitrogens with one attached hydrogen (secondary N) is 1. The lowest BCUT2D eigenvalue weighted by Crippen LogP contribution is -2.34. The summed E-state index contributed by atoms with van der Waals surface area (Å²) in [5.74, 6) is 0.982. The first kappa shape index (κ1) is 17.2. The van der Waals surface area contributed by atoms with Gasteiger partial charge in [-0.2, -0.15) is 5.10 Å². The third-order valence-corrected chi connectivity index (χ3v) is 4.59. The Hall–Kier alpha value is -3.23. The Morgan fingerprint density at radius 3 is 2.93 bits per heavy atom. The molecule has 0 unspecified atom stereocenters. The summed E-state index contributed by atoms with van der Waals surface area (Å²) in [6.45, 7) is 4.41. The molecule has 3 aromatic heterocycles. The van der Waals surface area contributed by atoms with Crippen LogP contribution in [0.3, 0.4) is 0 Å². The predicted molar refractivity (Wildman–Crippen MR) is 96.8 cm³/mol. The van der Waals surface area contributed by atoms with Crippen LogP contribution in [0.5, 0.6) is 0 Å². The molecule has 1 amide bonds. The Labute approximate surface area is 156 Å². The standard InChI is InChI=1S/C18H21N7O2/c1-13-9-16(27-23-13)17(26)24-10-14(11-25-15(12-24)4-8-22-25)3-7-21-18-19-5-2-6-20-18/h2,4-6,8-9,14H,3,7,10-12H2,1H3,(H,19,20,21)/t14-/m1/s1. The van der Waals surface area contributed by atoms with Crippen LogP contribution < -0.4 is 5.32 Å². The quantitative estimate of drug-likeness (QED) is 0.733. The molecule has 4 rings (SSSR count). The number of hydrogen-bond donors (Lipinski definition) is 1. The Bertz CT molecular complexity index is 905. The minimum absolute atomic E-state index is 0.144. The maximum Gasteiger partial charge on any atom is 0.292 e. The minimum atomic E-state index is -0.144. The summed E-state index contributed by atoms with van der Waals surface area (Å²) in [5, 5.41) is 11.5. The molecule has 9 heteroatoms. The number of aryl methyl sites for hydroxylation is 1. The van der Waals surface area contributed by atoms with Crippen molar-refractivity contribution >= 4 is 11.9 Å². The number of anilines is 1. The molecule has 1 atom stereocenters. The molecule has 1 N–H and O–H groups in total. The van der Waals surface area contributed by atoms with Gasteiger partial charge in [-0.1, -0.05) is 5.16 Å². The molecule has 0 saturated carbocycles. The number of amides is 1. The monoisotopic (exact) mass is 367 g/mol. The lowest BCUT2D eigenvalue weighted by atomic mass is 10.1. The van der Waals surface area contributed by atoms with Crippen molar-refractivity contribution in [2.75, 3.05) is 18.4 Å². The third-order valence-electron chi connectivity index (χ3n) is 4.59. The van der Waals surface area contributed by atoms with Crippen LogP contribution in [-0.4, -0.2) is 48.8 Å². The Morgan fingerprint density at radius 1 is 1.30 bits per heavy atom. The van der Waals surface area contributed by atoms with Crippen LogP contribution >= 0.6 is 0 Å². The summed E-state index contributed by atoms with van der Waals surface area (Å²) in [6.07, 6.45) is 6.04. The second kappa shape index (κ2) is 7.56. The molecule has 0 spiro atoms.